The first-order valence-electron chi connectivity index (χ1n) is 10.7. The molecule has 2 heterocycles. The van der Waals surface area contributed by atoms with E-state index in [9.17, 15) is 4.79 Å². The van der Waals surface area contributed by atoms with Crippen molar-refractivity contribution in [2.75, 3.05) is 26.7 Å². The molecule has 0 aromatic carbocycles. The number of rotatable bonds is 5. The number of hydrogen-bond acceptors (Lipinski definition) is 4. The minimum atomic E-state index is 0. The third-order valence-corrected chi connectivity index (χ3v) is 6.18. The van der Waals surface area contributed by atoms with E-state index in [1.165, 1.54) is 19.3 Å². The normalized spacial score (nSPS) is 21.6. The Bertz CT molecular complexity index is 680. The Labute approximate surface area is 191 Å². The van der Waals surface area contributed by atoms with Gasteiger partial charge in [0.1, 0.15) is 5.76 Å². The Morgan fingerprint density at radius 1 is 1.28 bits per heavy atom. The van der Waals surface area contributed by atoms with E-state index in [2.05, 4.69) is 27.7 Å². The van der Waals surface area contributed by atoms with E-state index in [4.69, 9.17) is 4.52 Å². The van der Waals surface area contributed by atoms with Crippen LogP contribution in [0.4, 0.5) is 0 Å². The Kier molecular flexibility index (Phi) is 9.23. The van der Waals surface area contributed by atoms with Crippen LogP contribution in [0.25, 0.3) is 0 Å². The van der Waals surface area contributed by atoms with E-state index < -0.39 is 0 Å². The number of aryl methyl sites for hydroxylation is 2. The van der Waals surface area contributed by atoms with Crippen molar-refractivity contribution < 1.29 is 9.32 Å². The molecule has 3 rings (SSSR count). The van der Waals surface area contributed by atoms with Crippen LogP contribution < -0.4 is 10.6 Å². The molecular weight excluding hydrogens is 481 g/mol. The number of aromatic nitrogens is 1. The highest BCUT2D eigenvalue weighted by Gasteiger charge is 2.31. The second kappa shape index (κ2) is 11.2. The molecule has 1 saturated heterocycles. The summed E-state index contributed by atoms with van der Waals surface area (Å²) in [5.41, 5.74) is 2.11. The molecule has 0 radical (unpaired) electrons. The zero-order valence-corrected chi connectivity index (χ0v) is 20.5. The fourth-order valence-corrected chi connectivity index (χ4v) is 4.62. The molecule has 164 valence electrons. The summed E-state index contributed by atoms with van der Waals surface area (Å²) in [5, 5.41) is 10.9. The number of carbonyl (C=O) groups excluding carboxylic acids is 1. The summed E-state index contributed by atoms with van der Waals surface area (Å²) in [6.07, 6.45) is 6.78. The van der Waals surface area contributed by atoms with Gasteiger partial charge >= 0.3 is 0 Å². The molecule has 1 aliphatic heterocycles. The highest BCUT2D eigenvalue weighted by molar-refractivity contribution is 14.0. The Morgan fingerprint density at radius 3 is 2.62 bits per heavy atom. The molecule has 7 nitrogen and oxygen atoms in total. The maximum atomic E-state index is 12.7. The lowest BCUT2D eigenvalue weighted by molar-refractivity contribution is -0.135. The molecule has 1 aliphatic carbocycles. The molecule has 2 aliphatic rings. The summed E-state index contributed by atoms with van der Waals surface area (Å²) in [5.74, 6) is 2.55. The minimum Gasteiger partial charge on any atom is -0.361 e. The van der Waals surface area contributed by atoms with Crippen molar-refractivity contribution in [1.82, 2.24) is 20.7 Å². The van der Waals surface area contributed by atoms with Gasteiger partial charge in [-0.1, -0.05) is 31.3 Å². The minimum absolute atomic E-state index is 0. The monoisotopic (exact) mass is 517 g/mol. The maximum absolute atomic E-state index is 12.7. The van der Waals surface area contributed by atoms with E-state index in [0.717, 1.165) is 61.9 Å². The van der Waals surface area contributed by atoms with Gasteiger partial charge in [-0.25, -0.2) is 0 Å². The van der Waals surface area contributed by atoms with Gasteiger partial charge < -0.3 is 20.1 Å². The molecule has 29 heavy (non-hydrogen) atoms. The van der Waals surface area contributed by atoms with Crippen LogP contribution in [0.1, 0.15) is 68.4 Å². The average molecular weight is 517 g/mol. The smallest absolute Gasteiger partial charge is 0.225 e. The van der Waals surface area contributed by atoms with Gasteiger partial charge in [-0.2, -0.15) is 0 Å². The second-order valence-corrected chi connectivity index (χ2v) is 8.34. The summed E-state index contributed by atoms with van der Waals surface area (Å²) < 4.78 is 5.28. The predicted octanol–water partition coefficient (Wildman–Crippen LogP) is 3.36. The van der Waals surface area contributed by atoms with Gasteiger partial charge in [-0.3, -0.25) is 9.79 Å². The van der Waals surface area contributed by atoms with Crippen LogP contribution in [0.3, 0.4) is 0 Å². The highest BCUT2D eigenvalue weighted by atomic mass is 127. The van der Waals surface area contributed by atoms with Crippen LogP contribution in [0.5, 0.6) is 0 Å². The van der Waals surface area contributed by atoms with Gasteiger partial charge in [-0.05, 0) is 33.1 Å². The molecule has 1 amide bonds. The molecule has 2 atom stereocenters. The molecular formula is C21H36IN5O2. The number of amides is 1. The van der Waals surface area contributed by atoms with Crippen molar-refractivity contribution in [3.8, 4) is 0 Å². The fourth-order valence-electron chi connectivity index (χ4n) is 4.62. The summed E-state index contributed by atoms with van der Waals surface area (Å²) in [7, 11) is 1.79. The third kappa shape index (κ3) is 6.08. The molecule has 2 fully saturated rings. The number of likely N-dealkylation sites (tertiary alicyclic amines) is 1. The number of hydrogen-bond donors (Lipinski definition) is 2. The Hall–Kier alpha value is -1.32. The van der Waals surface area contributed by atoms with Crippen LogP contribution in [0, 0.1) is 19.8 Å². The summed E-state index contributed by atoms with van der Waals surface area (Å²) in [6.45, 7) is 8.46. The number of halogens is 1. The summed E-state index contributed by atoms with van der Waals surface area (Å²) in [4.78, 5) is 19.2. The van der Waals surface area contributed by atoms with Gasteiger partial charge in [-0.15, -0.1) is 24.0 Å². The average Bonchev–Trinajstić information content (AvgIpc) is 3.31. The topological polar surface area (TPSA) is 82.8 Å². The summed E-state index contributed by atoms with van der Waals surface area (Å²) >= 11 is 0. The van der Waals surface area contributed by atoms with Crippen LogP contribution >= 0.6 is 24.0 Å². The largest absolute Gasteiger partial charge is 0.361 e. The van der Waals surface area contributed by atoms with Gasteiger partial charge in [0, 0.05) is 50.1 Å². The number of nitrogens with zero attached hydrogens (tertiary/aromatic N) is 3. The lowest BCUT2D eigenvalue weighted by Gasteiger charge is -2.26. The first kappa shape index (κ1) is 24.0. The van der Waals surface area contributed by atoms with Gasteiger partial charge in [0.05, 0.1) is 5.69 Å². The van der Waals surface area contributed by atoms with Crippen LogP contribution in [-0.4, -0.2) is 54.6 Å². The van der Waals surface area contributed by atoms with Crippen molar-refractivity contribution in [1.29, 1.82) is 0 Å². The molecule has 2 N–H and O–H groups in total. The van der Waals surface area contributed by atoms with Crippen molar-refractivity contribution in [2.45, 2.75) is 71.3 Å². The second-order valence-electron chi connectivity index (χ2n) is 8.34. The molecule has 0 spiro atoms. The molecule has 1 aromatic heterocycles. The molecule has 1 saturated carbocycles. The van der Waals surface area contributed by atoms with Gasteiger partial charge in [0.2, 0.25) is 5.91 Å². The summed E-state index contributed by atoms with van der Waals surface area (Å²) in [6, 6.07) is 0.258. The van der Waals surface area contributed by atoms with E-state index in [1.807, 2.05) is 18.7 Å². The van der Waals surface area contributed by atoms with E-state index in [-0.39, 0.29) is 41.9 Å². The van der Waals surface area contributed by atoms with Gasteiger partial charge in [0.15, 0.2) is 5.96 Å². The van der Waals surface area contributed by atoms with Crippen LogP contribution in [0.15, 0.2) is 9.52 Å². The van der Waals surface area contributed by atoms with Crippen LogP contribution in [0.2, 0.25) is 0 Å². The lowest BCUT2D eigenvalue weighted by atomic mass is 9.88. The predicted molar refractivity (Wildman–Crippen MR) is 126 cm³/mol. The van der Waals surface area contributed by atoms with Crippen molar-refractivity contribution >= 4 is 35.8 Å². The zero-order chi connectivity index (χ0) is 20.1. The standard InChI is InChI=1S/C21H35N5O2.HI/c1-14(19-15(2)25-28-16(19)3)12-23-21(22-4)24-18-10-11-26(13-18)20(27)17-8-6-5-7-9-17;/h14,17-18H,5-13H2,1-4H3,(H2,22,23,24);1H. The molecule has 0 bridgehead atoms. The van der Waals surface area contributed by atoms with Gasteiger partial charge in [0.25, 0.3) is 0 Å². The maximum Gasteiger partial charge on any atom is 0.225 e. The van der Waals surface area contributed by atoms with E-state index in [0.29, 0.717) is 5.91 Å². The number of guanidine groups is 1. The van der Waals surface area contributed by atoms with Crippen LogP contribution in [-0.2, 0) is 4.79 Å². The first-order chi connectivity index (χ1) is 13.5. The van der Waals surface area contributed by atoms with Crippen molar-refractivity contribution in [2.24, 2.45) is 10.9 Å². The quantitative estimate of drug-likeness (QED) is 0.356. The van der Waals surface area contributed by atoms with Crippen molar-refractivity contribution in [3.63, 3.8) is 0 Å². The molecule has 8 heteroatoms. The number of carbonyl (C=O) groups is 1. The van der Waals surface area contributed by atoms with E-state index in [1.54, 1.807) is 7.05 Å². The number of nitrogens with one attached hydrogen (secondary N) is 2. The Balaban J connectivity index is 0.00000300. The van der Waals surface area contributed by atoms with Crippen molar-refractivity contribution in [3.05, 3.63) is 17.0 Å². The zero-order valence-electron chi connectivity index (χ0n) is 18.2. The fraction of sp³-hybridized carbons (Fsp3) is 0.762. The molecule has 2 unspecified atom stereocenters. The highest BCUT2D eigenvalue weighted by Crippen LogP contribution is 2.27. The Morgan fingerprint density at radius 2 is 2.00 bits per heavy atom. The lowest BCUT2D eigenvalue weighted by Crippen LogP contribution is -2.46. The third-order valence-electron chi connectivity index (χ3n) is 6.18. The first-order valence-corrected chi connectivity index (χ1v) is 10.7. The van der Waals surface area contributed by atoms with E-state index >= 15 is 0 Å². The number of aliphatic imine (C=N–C) groups is 1. The molecule has 1 aromatic rings. The SMILES string of the molecule is CN=C(NCC(C)c1c(C)noc1C)NC1CCN(C(=O)C2CCCCC2)C1.I.